The molecular formula is C20H40O3Sn. The van der Waals surface area contributed by atoms with Crippen molar-refractivity contribution in [3.05, 3.63) is 10.2 Å². The van der Waals surface area contributed by atoms with Gasteiger partial charge in [-0.25, -0.2) is 0 Å². The third-order valence-electron chi connectivity index (χ3n) is 4.87. The molecule has 0 saturated heterocycles. The Balaban J connectivity index is 4.74. The van der Waals surface area contributed by atoms with Gasteiger partial charge in [-0.3, -0.25) is 0 Å². The number of rotatable bonds is 15. The molecule has 0 aliphatic carbocycles. The van der Waals surface area contributed by atoms with E-state index in [1.165, 1.54) is 58.9 Å². The van der Waals surface area contributed by atoms with Crippen LogP contribution in [0.1, 0.15) is 78.6 Å². The van der Waals surface area contributed by atoms with E-state index in [4.69, 9.17) is 0 Å². The van der Waals surface area contributed by atoms with Gasteiger partial charge in [-0.15, -0.1) is 0 Å². The van der Waals surface area contributed by atoms with Gasteiger partial charge in [0.1, 0.15) is 0 Å². The van der Waals surface area contributed by atoms with Crippen molar-refractivity contribution in [2.75, 3.05) is 7.11 Å². The Kier molecular flexibility index (Phi) is 15.2. The zero-order chi connectivity index (χ0) is 18.3. The first-order valence-corrected chi connectivity index (χ1v) is 17.7. The molecule has 3 nitrogen and oxygen atoms in total. The van der Waals surface area contributed by atoms with Crippen LogP contribution in [0.5, 0.6) is 0 Å². The molecule has 0 radical (unpaired) electrons. The Morgan fingerprint density at radius 3 is 1.92 bits per heavy atom. The molecule has 0 unspecified atom stereocenters. The fraction of sp³-hybridized carbons (Fsp3) is 0.850. The maximum atomic E-state index is 11.2. The van der Waals surface area contributed by atoms with E-state index in [0.29, 0.717) is 19.3 Å². The van der Waals surface area contributed by atoms with E-state index in [1.807, 2.05) is 0 Å². The Hall–Kier alpha value is -0.0313. The topological polar surface area (TPSA) is 46.5 Å². The van der Waals surface area contributed by atoms with Gasteiger partial charge in [0, 0.05) is 0 Å². The van der Waals surface area contributed by atoms with Crippen LogP contribution in [-0.2, 0) is 9.53 Å². The predicted molar refractivity (Wildman–Crippen MR) is 106 cm³/mol. The number of aliphatic hydroxyl groups is 1. The summed E-state index contributed by atoms with van der Waals surface area (Å²) < 4.78 is 11.4. The van der Waals surface area contributed by atoms with Crippen molar-refractivity contribution in [1.29, 1.82) is 0 Å². The number of unbranched alkanes of at least 4 members (excludes halogenated alkanes) is 3. The number of esters is 1. The molecule has 4 heteroatoms. The number of methoxy groups -OCH3 is 1. The van der Waals surface area contributed by atoms with E-state index in [2.05, 4.69) is 35.7 Å². The summed E-state index contributed by atoms with van der Waals surface area (Å²) in [6.07, 6.45) is 11.3. The average Bonchev–Trinajstić information content (AvgIpc) is 2.60. The summed E-state index contributed by atoms with van der Waals surface area (Å²) in [5, 5.41) is 10.3. The number of hydrogen-bond acceptors (Lipinski definition) is 3. The molecule has 0 fully saturated rings. The van der Waals surface area contributed by atoms with Gasteiger partial charge in [-0.05, 0) is 0 Å². The number of carbonyl (C=O) groups is 1. The van der Waals surface area contributed by atoms with E-state index in [9.17, 15) is 9.90 Å². The molecule has 24 heavy (non-hydrogen) atoms. The van der Waals surface area contributed by atoms with Crippen LogP contribution in [0.2, 0.25) is 13.3 Å². The average molecular weight is 447 g/mol. The Bertz CT molecular complexity index is 320. The van der Waals surface area contributed by atoms with Crippen molar-refractivity contribution in [2.24, 2.45) is 0 Å². The van der Waals surface area contributed by atoms with Crippen molar-refractivity contribution >= 4 is 24.3 Å². The van der Waals surface area contributed by atoms with E-state index >= 15 is 0 Å². The summed E-state index contributed by atoms with van der Waals surface area (Å²) in [4.78, 5) is 11.2. The van der Waals surface area contributed by atoms with Crippen molar-refractivity contribution in [1.82, 2.24) is 0 Å². The van der Waals surface area contributed by atoms with Crippen LogP contribution >= 0.6 is 0 Å². The molecular weight excluding hydrogens is 407 g/mol. The summed E-state index contributed by atoms with van der Waals surface area (Å²) >= 11 is -2.27. The normalized spacial score (nSPS) is 13.4. The minimum atomic E-state index is -2.27. The van der Waals surface area contributed by atoms with Gasteiger partial charge in [0.05, 0.1) is 0 Å². The van der Waals surface area contributed by atoms with E-state index in [0.717, 1.165) is 0 Å². The summed E-state index contributed by atoms with van der Waals surface area (Å²) in [5.41, 5.74) is 0. The van der Waals surface area contributed by atoms with Gasteiger partial charge >= 0.3 is 154 Å². The van der Waals surface area contributed by atoms with Crippen molar-refractivity contribution in [3.63, 3.8) is 0 Å². The second kappa shape index (κ2) is 15.2. The van der Waals surface area contributed by atoms with Gasteiger partial charge in [0.15, 0.2) is 0 Å². The monoisotopic (exact) mass is 448 g/mol. The van der Waals surface area contributed by atoms with E-state index in [-0.39, 0.29) is 5.97 Å². The molecule has 1 N–H and O–H groups in total. The summed E-state index contributed by atoms with van der Waals surface area (Å²) in [7, 11) is 1.41. The first-order valence-electron chi connectivity index (χ1n) is 9.97. The molecule has 0 aliphatic rings. The van der Waals surface area contributed by atoms with Crippen LogP contribution in [0.25, 0.3) is 0 Å². The SMILES string of the molecule is CCC[CH2][Sn](/[CH]=C/[C@H](O)CCCC(=O)OC)([CH2]CCC)[CH2]CCC. The van der Waals surface area contributed by atoms with Crippen molar-refractivity contribution in [2.45, 2.75) is 98.0 Å². The predicted octanol–water partition coefficient (Wildman–Crippen LogP) is 5.64. The third-order valence-corrected chi connectivity index (χ3v) is 19.0. The first-order chi connectivity index (χ1) is 11.5. The standard InChI is InChI=1S/C8H13O3.3C4H9.Sn/c1-3-7(9)5-4-6-8(10)11-2;3*1-3-4-2;/h1,3,7,9H,4-6H2,2H3;3*1,3-4H2,2H3;/t7-;;;;/m0..../s1. The number of aliphatic hydroxyl groups excluding tert-OH is 1. The van der Waals surface area contributed by atoms with Crippen molar-refractivity contribution < 1.29 is 14.6 Å². The number of ether oxygens (including phenoxy) is 1. The van der Waals surface area contributed by atoms with Gasteiger partial charge in [0.25, 0.3) is 0 Å². The fourth-order valence-electron chi connectivity index (χ4n) is 3.18. The quantitative estimate of drug-likeness (QED) is 0.261. The van der Waals surface area contributed by atoms with Crippen LogP contribution in [0, 0.1) is 0 Å². The zero-order valence-electron chi connectivity index (χ0n) is 16.5. The molecule has 0 amide bonds. The van der Waals surface area contributed by atoms with Crippen molar-refractivity contribution in [3.8, 4) is 0 Å². The Morgan fingerprint density at radius 1 is 1.00 bits per heavy atom. The summed E-state index contributed by atoms with van der Waals surface area (Å²) in [6.45, 7) is 6.84. The van der Waals surface area contributed by atoms with Gasteiger partial charge in [-0.1, -0.05) is 0 Å². The molecule has 0 saturated carbocycles. The summed E-state index contributed by atoms with van der Waals surface area (Å²) in [6, 6.07) is 0. The number of hydrogen-bond donors (Lipinski definition) is 1. The molecule has 142 valence electrons. The van der Waals surface area contributed by atoms with Gasteiger partial charge < -0.3 is 0 Å². The molecule has 0 bridgehead atoms. The Morgan fingerprint density at radius 2 is 1.50 bits per heavy atom. The minimum absolute atomic E-state index is 0.187. The molecule has 0 aromatic carbocycles. The molecule has 0 rings (SSSR count). The molecule has 0 spiro atoms. The van der Waals surface area contributed by atoms with Crippen LogP contribution in [-0.4, -0.2) is 42.7 Å². The van der Waals surface area contributed by atoms with E-state index < -0.39 is 24.5 Å². The molecule has 0 aromatic heterocycles. The third kappa shape index (κ3) is 11.5. The molecule has 0 aromatic rings. The van der Waals surface area contributed by atoms with Crippen LogP contribution in [0.4, 0.5) is 0 Å². The van der Waals surface area contributed by atoms with Gasteiger partial charge in [0.2, 0.25) is 0 Å². The van der Waals surface area contributed by atoms with Gasteiger partial charge in [-0.2, -0.15) is 0 Å². The zero-order valence-corrected chi connectivity index (χ0v) is 19.3. The van der Waals surface area contributed by atoms with E-state index in [1.54, 1.807) is 0 Å². The first kappa shape index (κ1) is 24.0. The van der Waals surface area contributed by atoms with Crippen LogP contribution < -0.4 is 0 Å². The number of carbonyl (C=O) groups excluding carboxylic acids is 1. The fourth-order valence-corrected chi connectivity index (χ4v) is 17.6. The molecule has 0 heterocycles. The molecule has 1 atom stereocenters. The van der Waals surface area contributed by atoms with Crippen LogP contribution in [0.3, 0.4) is 0 Å². The molecule has 0 aliphatic heterocycles. The second-order valence-electron chi connectivity index (χ2n) is 7.07. The second-order valence-corrected chi connectivity index (χ2v) is 20.1. The Labute approximate surface area is 154 Å². The summed E-state index contributed by atoms with van der Waals surface area (Å²) in [5.74, 6) is -0.187. The van der Waals surface area contributed by atoms with Crippen LogP contribution in [0.15, 0.2) is 10.2 Å². The maximum absolute atomic E-state index is 11.2.